The molecular weight excluding hydrogens is 376 g/mol. The molecule has 1 N–H and O–H groups in total. The zero-order valence-corrected chi connectivity index (χ0v) is 16.9. The van der Waals surface area contributed by atoms with Gasteiger partial charge in [-0.3, -0.25) is 9.67 Å². The topological polar surface area (TPSA) is 61.2 Å². The number of pyridine rings is 1. The second kappa shape index (κ2) is 9.60. The van der Waals surface area contributed by atoms with Crippen LogP contribution in [-0.2, 0) is 19.7 Å². The molecule has 0 unspecified atom stereocenters. The fourth-order valence-electron chi connectivity index (χ4n) is 3.18. The summed E-state index contributed by atoms with van der Waals surface area (Å²) in [7, 11) is 1.65. The van der Waals surface area contributed by atoms with Crippen molar-refractivity contribution in [3.8, 4) is 11.5 Å². The van der Waals surface area contributed by atoms with Gasteiger partial charge in [0.05, 0.1) is 13.7 Å². The molecule has 0 aliphatic rings. The number of ether oxygens (including phenoxy) is 2. The van der Waals surface area contributed by atoms with E-state index >= 15 is 0 Å². The lowest BCUT2D eigenvalue weighted by atomic mass is 10.1. The predicted octanol–water partition coefficient (Wildman–Crippen LogP) is 4.53. The maximum atomic E-state index is 6.00. The third-order valence-electron chi connectivity index (χ3n) is 4.74. The van der Waals surface area contributed by atoms with Crippen LogP contribution in [0.1, 0.15) is 16.7 Å². The minimum Gasteiger partial charge on any atom is -0.493 e. The molecule has 6 heteroatoms. The molecule has 30 heavy (non-hydrogen) atoms. The highest BCUT2D eigenvalue weighted by Crippen LogP contribution is 2.29. The van der Waals surface area contributed by atoms with Gasteiger partial charge in [0.15, 0.2) is 11.5 Å². The Morgan fingerprint density at radius 3 is 2.67 bits per heavy atom. The summed E-state index contributed by atoms with van der Waals surface area (Å²) in [5.41, 5.74) is 4.38. The average Bonchev–Trinajstić information content (AvgIpc) is 3.31. The first-order chi connectivity index (χ1) is 14.8. The van der Waals surface area contributed by atoms with Crippen molar-refractivity contribution in [1.82, 2.24) is 14.8 Å². The van der Waals surface area contributed by atoms with Gasteiger partial charge < -0.3 is 14.8 Å². The molecule has 2 aromatic carbocycles. The first kappa shape index (κ1) is 19.5. The number of nitrogens with one attached hydrogen (secondary N) is 1. The van der Waals surface area contributed by atoms with Gasteiger partial charge >= 0.3 is 0 Å². The van der Waals surface area contributed by atoms with Gasteiger partial charge in [-0.1, -0.05) is 30.3 Å². The molecule has 0 saturated heterocycles. The molecule has 0 fully saturated rings. The summed E-state index contributed by atoms with van der Waals surface area (Å²) in [5, 5.41) is 7.83. The van der Waals surface area contributed by atoms with Crippen LogP contribution in [0.25, 0.3) is 0 Å². The van der Waals surface area contributed by atoms with E-state index in [2.05, 4.69) is 27.5 Å². The monoisotopic (exact) mass is 400 g/mol. The van der Waals surface area contributed by atoms with Gasteiger partial charge in [-0.2, -0.15) is 5.10 Å². The number of nitrogens with zero attached hydrogens (tertiary/aromatic N) is 3. The number of methoxy groups -OCH3 is 1. The molecule has 0 bridgehead atoms. The molecule has 152 valence electrons. The van der Waals surface area contributed by atoms with Crippen LogP contribution in [0.4, 0.5) is 5.69 Å². The minimum atomic E-state index is 0.438. The highest BCUT2D eigenvalue weighted by molar-refractivity contribution is 5.52. The van der Waals surface area contributed by atoms with Gasteiger partial charge in [0.25, 0.3) is 0 Å². The minimum absolute atomic E-state index is 0.438. The Morgan fingerprint density at radius 1 is 0.933 bits per heavy atom. The van der Waals surface area contributed by atoms with Crippen LogP contribution in [-0.4, -0.2) is 21.9 Å². The van der Waals surface area contributed by atoms with Gasteiger partial charge in [-0.15, -0.1) is 0 Å². The lowest BCUT2D eigenvalue weighted by Crippen LogP contribution is -2.06. The van der Waals surface area contributed by atoms with Crippen molar-refractivity contribution in [2.75, 3.05) is 12.4 Å². The van der Waals surface area contributed by atoms with E-state index in [1.165, 1.54) is 5.56 Å². The van der Waals surface area contributed by atoms with Crippen molar-refractivity contribution in [2.45, 2.75) is 19.7 Å². The van der Waals surface area contributed by atoms with Crippen LogP contribution in [0, 0.1) is 0 Å². The second-order valence-corrected chi connectivity index (χ2v) is 6.85. The lowest BCUT2D eigenvalue weighted by Gasteiger charge is -2.15. The van der Waals surface area contributed by atoms with Crippen molar-refractivity contribution >= 4 is 5.69 Å². The maximum Gasteiger partial charge on any atom is 0.162 e. The first-order valence-corrected chi connectivity index (χ1v) is 9.79. The van der Waals surface area contributed by atoms with Crippen LogP contribution in [0.5, 0.6) is 11.5 Å². The third-order valence-corrected chi connectivity index (χ3v) is 4.74. The largest absolute Gasteiger partial charge is 0.493 e. The number of para-hydroxylation sites is 1. The molecular formula is C24H24N4O2. The van der Waals surface area contributed by atoms with E-state index in [4.69, 9.17) is 9.47 Å². The van der Waals surface area contributed by atoms with Crippen LogP contribution in [0.15, 0.2) is 85.5 Å². The van der Waals surface area contributed by atoms with Gasteiger partial charge in [-0.05, 0) is 41.5 Å². The molecule has 0 radical (unpaired) electrons. The van der Waals surface area contributed by atoms with Crippen LogP contribution < -0.4 is 14.8 Å². The number of hydrogen-bond acceptors (Lipinski definition) is 5. The van der Waals surface area contributed by atoms with Crippen molar-refractivity contribution in [3.63, 3.8) is 0 Å². The average molecular weight is 400 g/mol. The molecule has 4 rings (SSSR count). The Balaban J connectivity index is 1.45. The highest BCUT2D eigenvalue weighted by Gasteiger charge is 2.08. The number of anilines is 1. The molecule has 0 spiro atoms. The van der Waals surface area contributed by atoms with Crippen LogP contribution >= 0.6 is 0 Å². The Hall–Kier alpha value is -3.80. The third kappa shape index (κ3) is 4.97. The molecule has 0 aliphatic carbocycles. The summed E-state index contributed by atoms with van der Waals surface area (Å²) in [5.74, 6) is 1.42. The Kier molecular flexibility index (Phi) is 6.25. The van der Waals surface area contributed by atoms with E-state index in [-0.39, 0.29) is 0 Å². The van der Waals surface area contributed by atoms with Crippen molar-refractivity contribution in [2.24, 2.45) is 0 Å². The van der Waals surface area contributed by atoms with E-state index in [0.717, 1.165) is 23.4 Å². The van der Waals surface area contributed by atoms with E-state index in [1.807, 2.05) is 59.4 Å². The Morgan fingerprint density at radius 2 is 1.87 bits per heavy atom. The van der Waals surface area contributed by atoms with Crippen LogP contribution in [0.3, 0.4) is 0 Å². The van der Waals surface area contributed by atoms with Crippen molar-refractivity contribution in [3.05, 3.63) is 102 Å². The molecule has 6 nitrogen and oxygen atoms in total. The number of rotatable bonds is 9. The van der Waals surface area contributed by atoms with E-state index in [0.29, 0.717) is 24.7 Å². The summed E-state index contributed by atoms with van der Waals surface area (Å²) in [6.07, 6.45) is 7.31. The fourth-order valence-corrected chi connectivity index (χ4v) is 3.18. The summed E-state index contributed by atoms with van der Waals surface area (Å²) >= 11 is 0. The van der Waals surface area contributed by atoms with Crippen LogP contribution in [0.2, 0.25) is 0 Å². The van der Waals surface area contributed by atoms with Crippen molar-refractivity contribution < 1.29 is 9.47 Å². The number of hydrogen-bond donors (Lipinski definition) is 1. The molecule has 2 heterocycles. The number of benzene rings is 2. The lowest BCUT2D eigenvalue weighted by molar-refractivity contribution is 0.284. The standard InChI is InChI=1S/C24H24N4O2/c1-29-23-10-9-19(14-24(23)30-18-20-6-4-11-25-15-20)16-26-22-8-3-2-7-21(22)17-28-13-5-12-27-28/h2-15,26H,16-18H2,1H3. The second-order valence-electron chi connectivity index (χ2n) is 6.85. The van der Waals surface area contributed by atoms with E-state index < -0.39 is 0 Å². The van der Waals surface area contributed by atoms with Gasteiger partial charge in [0.1, 0.15) is 6.61 Å². The highest BCUT2D eigenvalue weighted by atomic mass is 16.5. The summed E-state index contributed by atoms with van der Waals surface area (Å²) in [6.45, 7) is 1.83. The summed E-state index contributed by atoms with van der Waals surface area (Å²) in [6, 6.07) is 20.1. The molecule has 0 amide bonds. The first-order valence-electron chi connectivity index (χ1n) is 9.79. The van der Waals surface area contributed by atoms with Gasteiger partial charge in [0, 0.05) is 42.6 Å². The summed E-state index contributed by atoms with van der Waals surface area (Å²) in [4.78, 5) is 4.13. The van der Waals surface area contributed by atoms with Gasteiger partial charge in [-0.25, -0.2) is 0 Å². The fraction of sp³-hybridized carbons (Fsp3) is 0.167. The van der Waals surface area contributed by atoms with Gasteiger partial charge in [0.2, 0.25) is 0 Å². The Bertz CT molecular complexity index is 1070. The molecule has 0 saturated carbocycles. The molecule has 0 aliphatic heterocycles. The van der Waals surface area contributed by atoms with Crippen molar-refractivity contribution in [1.29, 1.82) is 0 Å². The number of aromatic nitrogens is 3. The van der Waals surface area contributed by atoms with E-state index in [9.17, 15) is 0 Å². The predicted molar refractivity (Wildman–Crippen MR) is 117 cm³/mol. The zero-order valence-electron chi connectivity index (χ0n) is 16.9. The maximum absolute atomic E-state index is 6.00. The molecule has 2 aromatic heterocycles. The normalized spacial score (nSPS) is 10.6. The zero-order chi connectivity index (χ0) is 20.6. The summed E-state index contributed by atoms with van der Waals surface area (Å²) < 4.78 is 13.4. The quantitative estimate of drug-likeness (QED) is 0.447. The molecule has 0 atom stereocenters. The molecule has 4 aromatic rings. The Labute approximate surface area is 176 Å². The SMILES string of the molecule is COc1ccc(CNc2ccccc2Cn2cccn2)cc1OCc1cccnc1. The van der Waals surface area contributed by atoms with E-state index in [1.54, 1.807) is 25.7 Å². The smallest absolute Gasteiger partial charge is 0.162 e.